The maximum atomic E-state index is 6.00. The van der Waals surface area contributed by atoms with Gasteiger partial charge in [-0.3, -0.25) is 0 Å². The van der Waals surface area contributed by atoms with Gasteiger partial charge in [-0.25, -0.2) is 4.98 Å². The lowest BCUT2D eigenvalue weighted by Gasteiger charge is -2.22. The van der Waals surface area contributed by atoms with Crippen molar-refractivity contribution in [3.63, 3.8) is 0 Å². The summed E-state index contributed by atoms with van der Waals surface area (Å²) in [7, 11) is 0. The van der Waals surface area contributed by atoms with E-state index in [1.54, 1.807) is 12.3 Å². The summed E-state index contributed by atoms with van der Waals surface area (Å²) in [5.41, 5.74) is 11.0. The zero-order valence-corrected chi connectivity index (χ0v) is 8.74. The van der Waals surface area contributed by atoms with Gasteiger partial charge in [0, 0.05) is 32.4 Å². The van der Waals surface area contributed by atoms with Crippen LogP contribution in [0.15, 0.2) is 18.3 Å². The number of hydrogen-bond acceptors (Lipinski definition) is 4. The van der Waals surface area contributed by atoms with E-state index in [9.17, 15) is 0 Å². The third kappa shape index (κ3) is 2.83. The molecular weight excluding hydrogens is 200 g/mol. The molecule has 0 radical (unpaired) electrons. The van der Waals surface area contributed by atoms with E-state index >= 15 is 0 Å². The van der Waals surface area contributed by atoms with Crippen LogP contribution in [0, 0.1) is 0 Å². The zero-order valence-electron chi connectivity index (χ0n) is 7.99. The van der Waals surface area contributed by atoms with E-state index in [0.29, 0.717) is 31.2 Å². The topological polar surface area (TPSA) is 68.2 Å². The fourth-order valence-electron chi connectivity index (χ4n) is 1.25. The smallest absolute Gasteiger partial charge is 0.147 e. The van der Waals surface area contributed by atoms with Gasteiger partial charge in [0.15, 0.2) is 0 Å². The second kappa shape index (κ2) is 5.80. The standard InChI is InChI=1S/C9H15ClN4/c10-8-2-1-5-13-9(8)14(6-3-11)7-4-12/h1-2,5H,3-4,6-7,11-12H2. The summed E-state index contributed by atoms with van der Waals surface area (Å²) in [6, 6.07) is 3.61. The lowest BCUT2D eigenvalue weighted by Crippen LogP contribution is -2.34. The van der Waals surface area contributed by atoms with E-state index in [4.69, 9.17) is 23.1 Å². The van der Waals surface area contributed by atoms with Crippen molar-refractivity contribution in [2.45, 2.75) is 0 Å². The van der Waals surface area contributed by atoms with Crippen LogP contribution in [0.3, 0.4) is 0 Å². The molecule has 78 valence electrons. The lowest BCUT2D eigenvalue weighted by molar-refractivity contribution is 0.770. The Morgan fingerprint density at radius 3 is 2.43 bits per heavy atom. The molecule has 0 fully saturated rings. The summed E-state index contributed by atoms with van der Waals surface area (Å²) in [6.07, 6.45) is 1.71. The number of nitrogens with zero attached hydrogens (tertiary/aromatic N) is 2. The summed E-state index contributed by atoms with van der Waals surface area (Å²) in [6.45, 7) is 2.56. The van der Waals surface area contributed by atoms with Gasteiger partial charge >= 0.3 is 0 Å². The minimum absolute atomic E-state index is 0.562. The molecule has 1 aromatic rings. The Morgan fingerprint density at radius 2 is 1.93 bits per heavy atom. The molecule has 4 nitrogen and oxygen atoms in total. The molecule has 14 heavy (non-hydrogen) atoms. The lowest BCUT2D eigenvalue weighted by atomic mass is 10.4. The SMILES string of the molecule is NCCN(CCN)c1ncccc1Cl. The van der Waals surface area contributed by atoms with E-state index in [-0.39, 0.29) is 0 Å². The minimum atomic E-state index is 0.562. The Kier molecular flexibility index (Phi) is 4.65. The van der Waals surface area contributed by atoms with Crippen molar-refractivity contribution in [2.24, 2.45) is 11.5 Å². The molecule has 4 N–H and O–H groups in total. The normalized spacial score (nSPS) is 10.2. The van der Waals surface area contributed by atoms with Crippen molar-refractivity contribution in [2.75, 3.05) is 31.1 Å². The van der Waals surface area contributed by atoms with Crippen LogP contribution in [0.5, 0.6) is 0 Å². The molecule has 1 heterocycles. The van der Waals surface area contributed by atoms with Crippen molar-refractivity contribution in [3.8, 4) is 0 Å². The first-order valence-electron chi connectivity index (χ1n) is 4.55. The molecule has 0 aliphatic heterocycles. The van der Waals surface area contributed by atoms with Gasteiger partial charge in [0.2, 0.25) is 0 Å². The predicted molar refractivity (Wildman–Crippen MR) is 59.6 cm³/mol. The van der Waals surface area contributed by atoms with Gasteiger partial charge in [-0.2, -0.15) is 0 Å². The molecule has 1 rings (SSSR count). The number of halogens is 1. The van der Waals surface area contributed by atoms with Crippen LogP contribution in [0.4, 0.5) is 5.82 Å². The molecule has 0 spiro atoms. The van der Waals surface area contributed by atoms with Gasteiger partial charge in [-0.1, -0.05) is 11.6 Å². The van der Waals surface area contributed by atoms with Crippen LogP contribution in [0.2, 0.25) is 5.02 Å². The maximum Gasteiger partial charge on any atom is 0.147 e. The van der Waals surface area contributed by atoms with E-state index in [0.717, 1.165) is 5.82 Å². The average Bonchev–Trinajstić information content (AvgIpc) is 2.18. The highest BCUT2D eigenvalue weighted by atomic mass is 35.5. The van der Waals surface area contributed by atoms with Gasteiger partial charge in [0.25, 0.3) is 0 Å². The average molecular weight is 215 g/mol. The molecule has 0 aromatic carbocycles. The first kappa shape index (κ1) is 11.2. The highest BCUT2D eigenvalue weighted by Gasteiger charge is 2.09. The van der Waals surface area contributed by atoms with Crippen LogP contribution < -0.4 is 16.4 Å². The third-order valence-corrected chi connectivity index (χ3v) is 2.13. The number of nitrogens with two attached hydrogens (primary N) is 2. The Bertz CT molecular complexity index is 273. The first-order valence-corrected chi connectivity index (χ1v) is 4.93. The zero-order chi connectivity index (χ0) is 10.4. The largest absolute Gasteiger partial charge is 0.353 e. The molecule has 0 aliphatic carbocycles. The molecule has 0 unspecified atom stereocenters. The molecule has 1 aromatic heterocycles. The second-order valence-corrected chi connectivity index (χ2v) is 3.28. The number of hydrogen-bond donors (Lipinski definition) is 2. The molecule has 0 bridgehead atoms. The van der Waals surface area contributed by atoms with Crippen molar-refractivity contribution < 1.29 is 0 Å². The first-order chi connectivity index (χ1) is 6.79. The highest BCUT2D eigenvalue weighted by Crippen LogP contribution is 2.21. The number of rotatable bonds is 5. The summed E-state index contributed by atoms with van der Waals surface area (Å²) >= 11 is 6.00. The highest BCUT2D eigenvalue weighted by molar-refractivity contribution is 6.32. The van der Waals surface area contributed by atoms with Gasteiger partial charge in [0.05, 0.1) is 5.02 Å². The van der Waals surface area contributed by atoms with E-state index in [1.165, 1.54) is 0 Å². The van der Waals surface area contributed by atoms with Crippen LogP contribution in [0.25, 0.3) is 0 Å². The van der Waals surface area contributed by atoms with Crippen molar-refractivity contribution in [3.05, 3.63) is 23.4 Å². The maximum absolute atomic E-state index is 6.00. The molecule has 0 saturated heterocycles. The fraction of sp³-hybridized carbons (Fsp3) is 0.444. The number of anilines is 1. The van der Waals surface area contributed by atoms with Crippen LogP contribution in [-0.2, 0) is 0 Å². The molecule has 0 amide bonds. The Hall–Kier alpha value is -0.840. The summed E-state index contributed by atoms with van der Waals surface area (Å²) in [4.78, 5) is 6.19. The van der Waals surface area contributed by atoms with Crippen LogP contribution in [-0.4, -0.2) is 31.2 Å². The molecule has 0 saturated carbocycles. The van der Waals surface area contributed by atoms with Crippen LogP contribution >= 0.6 is 11.6 Å². The monoisotopic (exact) mass is 214 g/mol. The summed E-state index contributed by atoms with van der Waals surface area (Å²) < 4.78 is 0. The van der Waals surface area contributed by atoms with E-state index < -0.39 is 0 Å². The summed E-state index contributed by atoms with van der Waals surface area (Å²) in [5.74, 6) is 0.755. The second-order valence-electron chi connectivity index (χ2n) is 2.87. The Labute approximate surface area is 88.9 Å². The molecule has 5 heteroatoms. The molecular formula is C9H15ClN4. The quantitative estimate of drug-likeness (QED) is 0.747. The van der Waals surface area contributed by atoms with Crippen molar-refractivity contribution in [1.29, 1.82) is 0 Å². The predicted octanol–water partition coefficient (Wildman–Crippen LogP) is 0.459. The third-order valence-electron chi connectivity index (χ3n) is 1.84. The van der Waals surface area contributed by atoms with Gasteiger partial charge in [-0.05, 0) is 12.1 Å². The van der Waals surface area contributed by atoms with Crippen molar-refractivity contribution >= 4 is 17.4 Å². The van der Waals surface area contributed by atoms with E-state index in [2.05, 4.69) is 4.98 Å². The van der Waals surface area contributed by atoms with Gasteiger partial charge < -0.3 is 16.4 Å². The number of pyridine rings is 1. The fourth-order valence-corrected chi connectivity index (χ4v) is 1.49. The van der Waals surface area contributed by atoms with E-state index in [1.807, 2.05) is 11.0 Å². The molecule has 0 aliphatic rings. The van der Waals surface area contributed by atoms with Gasteiger partial charge in [0.1, 0.15) is 5.82 Å². The summed E-state index contributed by atoms with van der Waals surface area (Å²) in [5, 5.41) is 0.634. The van der Waals surface area contributed by atoms with Crippen LogP contribution in [0.1, 0.15) is 0 Å². The Balaban J connectivity index is 2.81. The molecule has 0 atom stereocenters. The number of aromatic nitrogens is 1. The Morgan fingerprint density at radius 1 is 1.29 bits per heavy atom. The minimum Gasteiger partial charge on any atom is -0.353 e. The van der Waals surface area contributed by atoms with Crippen molar-refractivity contribution in [1.82, 2.24) is 4.98 Å². The van der Waals surface area contributed by atoms with Gasteiger partial charge in [-0.15, -0.1) is 0 Å².